The van der Waals surface area contributed by atoms with E-state index in [4.69, 9.17) is 11.6 Å². The van der Waals surface area contributed by atoms with Crippen LogP contribution >= 0.6 is 27.5 Å². The fourth-order valence-electron chi connectivity index (χ4n) is 4.41. The molecule has 1 aliphatic rings. The summed E-state index contributed by atoms with van der Waals surface area (Å²) in [6, 6.07) is 19.8. The van der Waals surface area contributed by atoms with Gasteiger partial charge in [-0.25, -0.2) is 8.42 Å². The molecule has 194 valence electrons. The molecule has 0 radical (unpaired) electrons. The summed E-state index contributed by atoms with van der Waals surface area (Å²) in [5.74, 6) is -0.913. The van der Waals surface area contributed by atoms with Gasteiger partial charge < -0.3 is 10.6 Å². The van der Waals surface area contributed by atoms with Crippen molar-refractivity contribution in [1.82, 2.24) is 5.32 Å². The van der Waals surface area contributed by atoms with E-state index in [1.165, 1.54) is 25.2 Å². The van der Waals surface area contributed by atoms with Crippen LogP contribution in [0.4, 0.5) is 11.4 Å². The molecular formula is C27H27BrClN3O4S. The molecule has 37 heavy (non-hydrogen) atoms. The highest BCUT2D eigenvalue weighted by Gasteiger charge is 2.41. The first-order valence-electron chi connectivity index (χ1n) is 11.9. The predicted molar refractivity (Wildman–Crippen MR) is 150 cm³/mol. The zero-order chi connectivity index (χ0) is 26.6. The van der Waals surface area contributed by atoms with Gasteiger partial charge in [0.2, 0.25) is 5.91 Å². The molecule has 2 N–H and O–H groups in total. The quantitative estimate of drug-likeness (QED) is 0.346. The molecular weight excluding hydrogens is 578 g/mol. The highest BCUT2D eigenvalue weighted by molar-refractivity contribution is 9.10. The van der Waals surface area contributed by atoms with Gasteiger partial charge in [-0.15, -0.1) is 0 Å². The van der Waals surface area contributed by atoms with Gasteiger partial charge in [0.1, 0.15) is 5.54 Å². The predicted octanol–water partition coefficient (Wildman–Crippen LogP) is 6.00. The van der Waals surface area contributed by atoms with Crippen molar-refractivity contribution in [3.05, 3.63) is 87.9 Å². The number of hydrogen-bond donors (Lipinski definition) is 2. The molecule has 3 aromatic rings. The summed E-state index contributed by atoms with van der Waals surface area (Å²) in [5.41, 5.74) is -0.0520. The van der Waals surface area contributed by atoms with Crippen LogP contribution in [-0.4, -0.2) is 32.8 Å². The molecule has 1 saturated carbocycles. The molecule has 0 aromatic heterocycles. The van der Waals surface area contributed by atoms with Crippen LogP contribution in [0.5, 0.6) is 0 Å². The number of hydrogen-bond acceptors (Lipinski definition) is 4. The Morgan fingerprint density at radius 3 is 2.24 bits per heavy atom. The third-order valence-electron chi connectivity index (χ3n) is 6.56. The first kappa shape index (κ1) is 27.2. The fourth-order valence-corrected chi connectivity index (χ4v) is 6.10. The third-order valence-corrected chi connectivity index (χ3v) is 9.20. The van der Waals surface area contributed by atoms with Gasteiger partial charge in [0.15, 0.2) is 0 Å². The number of carbonyl (C=O) groups is 2. The number of benzene rings is 3. The van der Waals surface area contributed by atoms with E-state index in [2.05, 4.69) is 26.6 Å². The largest absolute Gasteiger partial charge is 0.338 e. The summed E-state index contributed by atoms with van der Waals surface area (Å²) >= 11 is 9.73. The molecule has 4 rings (SSSR count). The molecule has 0 saturated heterocycles. The Morgan fingerprint density at radius 1 is 0.946 bits per heavy atom. The maximum Gasteiger partial charge on any atom is 0.264 e. The number of carbonyl (C=O) groups excluding carboxylic acids is 2. The van der Waals surface area contributed by atoms with E-state index in [1.54, 1.807) is 42.5 Å². The van der Waals surface area contributed by atoms with E-state index in [0.29, 0.717) is 24.2 Å². The van der Waals surface area contributed by atoms with Crippen LogP contribution in [0.1, 0.15) is 42.5 Å². The SMILES string of the molecule is CN(c1ccccc1)S(=O)(=O)c1ccc(Cl)c(C(=O)NC2(C(=O)Nc3ccc(Br)cc3)CCCCC2)c1. The molecule has 0 aliphatic heterocycles. The van der Waals surface area contributed by atoms with Crippen molar-refractivity contribution in [2.24, 2.45) is 0 Å². The fraction of sp³-hybridized carbons (Fsp3) is 0.259. The van der Waals surface area contributed by atoms with Crippen molar-refractivity contribution in [2.75, 3.05) is 16.7 Å². The van der Waals surface area contributed by atoms with Crippen LogP contribution in [0.3, 0.4) is 0 Å². The first-order chi connectivity index (χ1) is 17.6. The lowest BCUT2D eigenvalue weighted by molar-refractivity contribution is -0.123. The van der Waals surface area contributed by atoms with Crippen molar-refractivity contribution in [3.8, 4) is 0 Å². The second-order valence-corrected chi connectivity index (χ2v) is 12.3. The lowest BCUT2D eigenvalue weighted by atomic mass is 9.80. The molecule has 2 amide bonds. The first-order valence-corrected chi connectivity index (χ1v) is 14.5. The molecule has 7 nitrogen and oxygen atoms in total. The van der Waals surface area contributed by atoms with E-state index in [-0.39, 0.29) is 21.4 Å². The minimum absolute atomic E-state index is 0.00871. The number of para-hydroxylation sites is 1. The summed E-state index contributed by atoms with van der Waals surface area (Å²) in [6.45, 7) is 0. The van der Waals surface area contributed by atoms with Gasteiger partial charge in [0.05, 0.1) is 21.2 Å². The van der Waals surface area contributed by atoms with Crippen LogP contribution in [-0.2, 0) is 14.8 Å². The van der Waals surface area contributed by atoms with Crippen LogP contribution < -0.4 is 14.9 Å². The number of anilines is 2. The molecule has 1 fully saturated rings. The Kier molecular flexibility index (Phi) is 8.26. The number of rotatable bonds is 7. The summed E-state index contributed by atoms with van der Waals surface area (Å²) in [5, 5.41) is 5.91. The van der Waals surface area contributed by atoms with E-state index < -0.39 is 21.5 Å². The summed E-state index contributed by atoms with van der Waals surface area (Å²) in [7, 11) is -2.52. The van der Waals surface area contributed by atoms with Crippen molar-refractivity contribution in [3.63, 3.8) is 0 Å². The van der Waals surface area contributed by atoms with Gasteiger partial charge in [0, 0.05) is 17.2 Å². The molecule has 10 heteroatoms. The molecule has 3 aromatic carbocycles. The maximum atomic E-state index is 13.5. The molecule has 0 atom stereocenters. The van der Waals surface area contributed by atoms with Gasteiger partial charge in [-0.1, -0.05) is 65.0 Å². The van der Waals surface area contributed by atoms with Crippen LogP contribution in [0.2, 0.25) is 5.02 Å². The smallest absolute Gasteiger partial charge is 0.264 e. The van der Waals surface area contributed by atoms with Crippen LogP contribution in [0.15, 0.2) is 82.2 Å². The average Bonchev–Trinajstić information content (AvgIpc) is 2.90. The van der Waals surface area contributed by atoms with Crippen LogP contribution in [0.25, 0.3) is 0 Å². The zero-order valence-electron chi connectivity index (χ0n) is 20.2. The van der Waals surface area contributed by atoms with E-state index >= 15 is 0 Å². The highest BCUT2D eigenvalue weighted by atomic mass is 79.9. The minimum atomic E-state index is -3.96. The number of halogens is 2. The van der Waals surface area contributed by atoms with Crippen molar-refractivity contribution in [2.45, 2.75) is 42.5 Å². The minimum Gasteiger partial charge on any atom is -0.338 e. The zero-order valence-corrected chi connectivity index (χ0v) is 23.4. The van der Waals surface area contributed by atoms with Crippen molar-refractivity contribution in [1.29, 1.82) is 0 Å². The normalized spacial score (nSPS) is 15.0. The third kappa shape index (κ3) is 6.00. The second-order valence-electron chi connectivity index (χ2n) is 9.01. The van der Waals surface area contributed by atoms with Gasteiger partial charge in [0.25, 0.3) is 15.9 Å². The number of nitrogens with one attached hydrogen (secondary N) is 2. The maximum absolute atomic E-state index is 13.5. The average molecular weight is 605 g/mol. The van der Waals surface area contributed by atoms with Gasteiger partial charge in [-0.3, -0.25) is 13.9 Å². The number of nitrogens with zero attached hydrogens (tertiary/aromatic N) is 1. The number of amides is 2. The lowest BCUT2D eigenvalue weighted by Gasteiger charge is -2.36. The lowest BCUT2D eigenvalue weighted by Crippen LogP contribution is -2.57. The van der Waals surface area contributed by atoms with Gasteiger partial charge in [-0.2, -0.15) is 0 Å². The van der Waals surface area contributed by atoms with Crippen molar-refractivity contribution < 1.29 is 18.0 Å². The van der Waals surface area contributed by atoms with Crippen molar-refractivity contribution >= 4 is 60.7 Å². The van der Waals surface area contributed by atoms with Gasteiger partial charge in [-0.05, 0) is 67.4 Å². The molecule has 0 spiro atoms. The topological polar surface area (TPSA) is 95.6 Å². The summed E-state index contributed by atoms with van der Waals surface area (Å²) in [6.07, 6.45) is 3.44. The molecule has 0 unspecified atom stereocenters. The molecule has 0 bridgehead atoms. The standard InChI is InChI=1S/C27H27BrClN3O4S/c1-32(21-8-4-2-5-9-21)37(35,36)22-14-15-24(29)23(18-22)25(33)31-27(16-6-3-7-17-27)26(34)30-20-12-10-19(28)11-13-20/h2,4-5,8-15,18H,3,6-7,16-17H2,1H3,(H,30,34)(H,31,33). The molecule has 0 heterocycles. The monoisotopic (exact) mass is 603 g/mol. The van der Waals surface area contributed by atoms with Crippen LogP contribution in [0, 0.1) is 0 Å². The molecule has 1 aliphatic carbocycles. The highest BCUT2D eigenvalue weighted by Crippen LogP contribution is 2.32. The van der Waals surface area contributed by atoms with E-state index in [9.17, 15) is 18.0 Å². The Morgan fingerprint density at radius 2 is 1.59 bits per heavy atom. The number of sulfonamides is 1. The Labute approximate surface area is 230 Å². The Hall–Kier alpha value is -2.88. The Balaban J connectivity index is 1.61. The van der Waals surface area contributed by atoms with Gasteiger partial charge >= 0.3 is 0 Å². The summed E-state index contributed by atoms with van der Waals surface area (Å²) < 4.78 is 28.6. The second kappa shape index (κ2) is 11.2. The summed E-state index contributed by atoms with van der Waals surface area (Å²) in [4.78, 5) is 26.8. The van der Waals surface area contributed by atoms with E-state index in [1.807, 2.05) is 12.1 Å². The van der Waals surface area contributed by atoms with E-state index in [0.717, 1.165) is 28.0 Å². The Bertz CT molecular complexity index is 1390.